The third-order valence-corrected chi connectivity index (χ3v) is 1.93. The van der Waals surface area contributed by atoms with Gasteiger partial charge in [0, 0.05) is 5.56 Å². The maximum Gasteiger partial charge on any atom is 0.184 e. The Hall–Kier alpha value is -1.19. The third-order valence-electron chi connectivity index (χ3n) is 1.93. The molecule has 0 saturated carbocycles. The van der Waals surface area contributed by atoms with E-state index in [1.807, 2.05) is 30.3 Å². The molecule has 0 aliphatic carbocycles. The molecule has 1 aromatic rings. The summed E-state index contributed by atoms with van der Waals surface area (Å²) in [4.78, 5) is 10.4. The average molecular weight is 178 g/mol. The van der Waals surface area contributed by atoms with Gasteiger partial charge in [-0.1, -0.05) is 30.3 Å². The lowest BCUT2D eigenvalue weighted by Crippen LogP contribution is -2.10. The van der Waals surface area contributed by atoms with E-state index in [0.29, 0.717) is 6.61 Å². The second-order valence-electron chi connectivity index (χ2n) is 2.89. The Morgan fingerprint density at radius 3 is 2.69 bits per heavy atom. The van der Waals surface area contributed by atoms with E-state index in [1.165, 1.54) is 0 Å². The summed E-state index contributed by atoms with van der Waals surface area (Å²) < 4.78 is 10.6. The van der Waals surface area contributed by atoms with Crippen molar-refractivity contribution in [2.45, 2.75) is 12.4 Å². The minimum absolute atomic E-state index is 0.350. The van der Waals surface area contributed by atoms with Crippen molar-refractivity contribution in [1.29, 1.82) is 0 Å². The molecule has 0 aromatic heterocycles. The van der Waals surface area contributed by atoms with E-state index in [1.54, 1.807) is 0 Å². The number of carbonyl (C=O) groups excluding carboxylic acids is 1. The van der Waals surface area contributed by atoms with Crippen LogP contribution in [-0.4, -0.2) is 19.0 Å². The Kier molecular flexibility index (Phi) is 2.38. The predicted octanol–water partition coefficient (Wildman–Crippen LogP) is 1.30. The van der Waals surface area contributed by atoms with Crippen LogP contribution in [0, 0.1) is 0 Å². The fourth-order valence-electron chi connectivity index (χ4n) is 1.28. The number of hydrogen-bond acceptors (Lipinski definition) is 3. The Bertz CT molecular complexity index is 283. The highest BCUT2D eigenvalue weighted by Gasteiger charge is 2.26. The highest BCUT2D eigenvalue weighted by atomic mass is 16.7. The zero-order valence-corrected chi connectivity index (χ0v) is 7.05. The molecule has 0 bridgehead atoms. The highest BCUT2D eigenvalue weighted by molar-refractivity contribution is 5.56. The summed E-state index contributed by atoms with van der Waals surface area (Å²) in [5.41, 5.74) is 0.951. The van der Waals surface area contributed by atoms with Gasteiger partial charge in [-0.3, -0.25) is 0 Å². The molecular weight excluding hydrogens is 168 g/mol. The van der Waals surface area contributed by atoms with E-state index in [0.717, 1.165) is 11.8 Å². The van der Waals surface area contributed by atoms with Crippen LogP contribution in [0.5, 0.6) is 0 Å². The number of rotatable bonds is 2. The monoisotopic (exact) mass is 178 g/mol. The van der Waals surface area contributed by atoms with Gasteiger partial charge in [0.05, 0.1) is 6.61 Å². The largest absolute Gasteiger partial charge is 0.345 e. The van der Waals surface area contributed by atoms with Crippen LogP contribution in [0.4, 0.5) is 0 Å². The fraction of sp³-hybridized carbons (Fsp3) is 0.300. The molecule has 1 saturated heterocycles. The van der Waals surface area contributed by atoms with Crippen LogP contribution in [0.15, 0.2) is 30.3 Å². The zero-order chi connectivity index (χ0) is 9.10. The molecule has 1 aromatic carbocycles. The van der Waals surface area contributed by atoms with Gasteiger partial charge in [0.2, 0.25) is 0 Å². The first-order valence-electron chi connectivity index (χ1n) is 4.17. The lowest BCUT2D eigenvalue weighted by Gasteiger charge is -2.08. The minimum Gasteiger partial charge on any atom is -0.345 e. The summed E-state index contributed by atoms with van der Waals surface area (Å²) in [6.07, 6.45) is -0.0234. The zero-order valence-electron chi connectivity index (χ0n) is 7.05. The number of hydrogen-bond donors (Lipinski definition) is 0. The Labute approximate surface area is 76.3 Å². The number of benzene rings is 1. The predicted molar refractivity (Wildman–Crippen MR) is 46.1 cm³/mol. The van der Waals surface area contributed by atoms with E-state index < -0.39 is 6.10 Å². The molecular formula is C10H10O3. The van der Waals surface area contributed by atoms with Crippen LogP contribution in [0.2, 0.25) is 0 Å². The summed E-state index contributed by atoms with van der Waals surface area (Å²) in [5.74, 6) is 0. The third kappa shape index (κ3) is 1.76. The molecule has 0 amide bonds. The smallest absolute Gasteiger partial charge is 0.184 e. The molecule has 2 atom stereocenters. The molecule has 1 fully saturated rings. The van der Waals surface area contributed by atoms with Gasteiger partial charge in [-0.25, -0.2) is 0 Å². The molecule has 68 valence electrons. The fourth-order valence-corrected chi connectivity index (χ4v) is 1.28. The quantitative estimate of drug-likeness (QED) is 0.640. The first-order valence-corrected chi connectivity index (χ1v) is 4.17. The van der Waals surface area contributed by atoms with Crippen molar-refractivity contribution in [2.24, 2.45) is 0 Å². The van der Waals surface area contributed by atoms with Crippen LogP contribution in [0.25, 0.3) is 0 Å². The molecule has 3 heteroatoms. The van der Waals surface area contributed by atoms with Gasteiger partial charge in [0.1, 0.15) is 6.10 Å². The van der Waals surface area contributed by atoms with Gasteiger partial charge in [-0.15, -0.1) is 0 Å². The summed E-state index contributed by atoms with van der Waals surface area (Å²) in [6.45, 7) is 0.350. The van der Waals surface area contributed by atoms with Crippen molar-refractivity contribution in [2.75, 3.05) is 6.61 Å². The van der Waals surface area contributed by atoms with Crippen LogP contribution in [0.3, 0.4) is 0 Å². The van der Waals surface area contributed by atoms with E-state index in [9.17, 15) is 4.79 Å². The second-order valence-corrected chi connectivity index (χ2v) is 2.89. The van der Waals surface area contributed by atoms with Crippen molar-refractivity contribution in [1.82, 2.24) is 0 Å². The van der Waals surface area contributed by atoms with Crippen molar-refractivity contribution >= 4 is 6.29 Å². The summed E-state index contributed by atoms with van der Waals surface area (Å²) in [5, 5.41) is 0. The topological polar surface area (TPSA) is 35.5 Å². The summed E-state index contributed by atoms with van der Waals surface area (Å²) in [6, 6.07) is 9.58. The summed E-state index contributed by atoms with van der Waals surface area (Å²) in [7, 11) is 0. The number of ether oxygens (including phenoxy) is 2. The molecule has 0 radical (unpaired) electrons. The molecule has 13 heavy (non-hydrogen) atoms. The Morgan fingerprint density at radius 1 is 1.31 bits per heavy atom. The van der Waals surface area contributed by atoms with E-state index in [4.69, 9.17) is 9.47 Å². The van der Waals surface area contributed by atoms with Crippen LogP contribution in [-0.2, 0) is 14.3 Å². The molecule has 2 unspecified atom stereocenters. The average Bonchev–Trinajstić information content (AvgIpc) is 2.67. The van der Waals surface area contributed by atoms with Crippen molar-refractivity contribution in [3.05, 3.63) is 35.9 Å². The maximum atomic E-state index is 10.4. The molecule has 1 aliphatic rings. The molecule has 0 N–H and O–H groups in total. The van der Waals surface area contributed by atoms with Crippen molar-refractivity contribution in [3.63, 3.8) is 0 Å². The van der Waals surface area contributed by atoms with Crippen LogP contribution in [0.1, 0.15) is 11.9 Å². The normalized spacial score (nSPS) is 27.4. The molecule has 1 aliphatic heterocycles. The summed E-state index contributed by atoms with van der Waals surface area (Å²) >= 11 is 0. The van der Waals surface area contributed by atoms with Gasteiger partial charge < -0.3 is 14.3 Å². The first kappa shape index (κ1) is 8.41. The number of carbonyl (C=O) groups is 1. The van der Waals surface area contributed by atoms with E-state index >= 15 is 0 Å². The second kappa shape index (κ2) is 3.68. The van der Waals surface area contributed by atoms with Crippen molar-refractivity contribution in [3.8, 4) is 0 Å². The van der Waals surface area contributed by atoms with Crippen molar-refractivity contribution < 1.29 is 14.3 Å². The lowest BCUT2D eigenvalue weighted by atomic mass is 10.2. The maximum absolute atomic E-state index is 10.4. The van der Waals surface area contributed by atoms with Crippen LogP contribution >= 0.6 is 0 Å². The standard InChI is InChI=1S/C10H10O3/c11-6-9-7-12-10(13-9)8-4-2-1-3-5-8/h1-6,9-10H,7H2. The van der Waals surface area contributed by atoms with Gasteiger partial charge in [-0.2, -0.15) is 0 Å². The lowest BCUT2D eigenvalue weighted by molar-refractivity contribution is -0.119. The van der Waals surface area contributed by atoms with Gasteiger partial charge >= 0.3 is 0 Å². The van der Waals surface area contributed by atoms with Gasteiger partial charge in [0.15, 0.2) is 12.6 Å². The molecule has 0 spiro atoms. The highest BCUT2D eigenvalue weighted by Crippen LogP contribution is 2.25. The SMILES string of the molecule is O=CC1COC(c2ccccc2)O1. The first-order chi connectivity index (χ1) is 6.40. The molecule has 2 rings (SSSR count). The molecule has 3 nitrogen and oxygen atoms in total. The molecule has 1 heterocycles. The van der Waals surface area contributed by atoms with E-state index in [-0.39, 0.29) is 6.29 Å². The van der Waals surface area contributed by atoms with Gasteiger partial charge in [0.25, 0.3) is 0 Å². The van der Waals surface area contributed by atoms with Crippen LogP contribution < -0.4 is 0 Å². The number of aldehydes is 1. The Morgan fingerprint density at radius 2 is 2.08 bits per heavy atom. The van der Waals surface area contributed by atoms with E-state index in [2.05, 4.69) is 0 Å². The Balaban J connectivity index is 2.08. The van der Waals surface area contributed by atoms with Gasteiger partial charge in [-0.05, 0) is 0 Å². The minimum atomic E-state index is -0.412.